The predicted octanol–water partition coefficient (Wildman–Crippen LogP) is 4.17. The normalized spacial score (nSPS) is 10.9. The molecule has 0 saturated carbocycles. The van der Waals surface area contributed by atoms with Crippen LogP contribution in [0.5, 0.6) is 0 Å². The Kier molecular flexibility index (Phi) is 4.48. The number of aromatic nitrogens is 1. The van der Waals surface area contributed by atoms with E-state index >= 15 is 0 Å². The zero-order valence-electron chi connectivity index (χ0n) is 12.6. The minimum Gasteiger partial charge on any atom is -0.350 e. The molecule has 23 heavy (non-hydrogen) atoms. The van der Waals surface area contributed by atoms with Crippen molar-refractivity contribution in [2.75, 3.05) is 0 Å². The highest BCUT2D eigenvalue weighted by molar-refractivity contribution is 9.10. The number of carbonyl (C=O) groups is 1. The summed E-state index contributed by atoms with van der Waals surface area (Å²) < 4.78 is 16.0. The van der Waals surface area contributed by atoms with Crippen molar-refractivity contribution in [3.63, 3.8) is 0 Å². The Morgan fingerprint density at radius 1 is 1.22 bits per heavy atom. The molecule has 118 valence electrons. The molecular formula is C18H16BrFN2O. The molecular weight excluding hydrogens is 359 g/mol. The smallest absolute Gasteiger partial charge is 0.240 e. The number of halogens is 2. The zero-order chi connectivity index (χ0) is 16.4. The van der Waals surface area contributed by atoms with Crippen LogP contribution in [0, 0.1) is 12.7 Å². The summed E-state index contributed by atoms with van der Waals surface area (Å²) in [7, 11) is 0. The van der Waals surface area contributed by atoms with Crippen molar-refractivity contribution in [2.45, 2.75) is 20.0 Å². The van der Waals surface area contributed by atoms with Crippen LogP contribution in [0.3, 0.4) is 0 Å². The summed E-state index contributed by atoms with van der Waals surface area (Å²) in [6.07, 6.45) is 0. The molecule has 2 aromatic carbocycles. The van der Waals surface area contributed by atoms with Gasteiger partial charge in [-0.1, -0.05) is 34.1 Å². The Morgan fingerprint density at radius 2 is 2.00 bits per heavy atom. The van der Waals surface area contributed by atoms with Gasteiger partial charge in [0.05, 0.1) is 0 Å². The van der Waals surface area contributed by atoms with E-state index in [9.17, 15) is 9.18 Å². The fraction of sp³-hybridized carbons (Fsp3) is 0.167. The van der Waals surface area contributed by atoms with Gasteiger partial charge in [-0.25, -0.2) is 4.39 Å². The van der Waals surface area contributed by atoms with Crippen molar-refractivity contribution in [1.82, 2.24) is 9.88 Å². The van der Waals surface area contributed by atoms with Gasteiger partial charge in [-0.05, 0) is 48.2 Å². The molecule has 0 atom stereocenters. The third-order valence-electron chi connectivity index (χ3n) is 3.73. The van der Waals surface area contributed by atoms with Gasteiger partial charge in [0, 0.05) is 22.2 Å². The molecule has 0 unspecified atom stereocenters. The Morgan fingerprint density at radius 3 is 2.78 bits per heavy atom. The van der Waals surface area contributed by atoms with E-state index in [0.29, 0.717) is 11.0 Å². The molecule has 0 radical (unpaired) electrons. The zero-order valence-corrected chi connectivity index (χ0v) is 14.2. The van der Waals surface area contributed by atoms with E-state index < -0.39 is 0 Å². The Labute approximate surface area is 142 Å². The van der Waals surface area contributed by atoms with E-state index in [-0.39, 0.29) is 18.3 Å². The third kappa shape index (κ3) is 3.62. The van der Waals surface area contributed by atoms with Crippen LogP contribution >= 0.6 is 15.9 Å². The SMILES string of the molecule is Cc1cc2ccccc2n1CC(=O)NCc1cc(F)cc(Br)c1. The Bertz CT molecular complexity index is 852. The second kappa shape index (κ2) is 6.54. The lowest BCUT2D eigenvalue weighted by atomic mass is 10.2. The Balaban J connectivity index is 1.70. The third-order valence-corrected chi connectivity index (χ3v) is 4.19. The highest BCUT2D eigenvalue weighted by atomic mass is 79.9. The summed E-state index contributed by atoms with van der Waals surface area (Å²) >= 11 is 3.25. The number of para-hydroxylation sites is 1. The number of aryl methyl sites for hydroxylation is 1. The average Bonchev–Trinajstić information content (AvgIpc) is 2.80. The van der Waals surface area contributed by atoms with E-state index in [1.807, 2.05) is 35.8 Å². The number of hydrogen-bond donors (Lipinski definition) is 1. The standard InChI is InChI=1S/C18H16BrFN2O/c1-12-6-14-4-2-3-5-17(14)22(12)11-18(23)21-10-13-7-15(19)9-16(20)8-13/h2-9H,10-11H2,1H3,(H,21,23). The molecule has 1 heterocycles. The van der Waals surface area contributed by atoms with Crippen LogP contribution in [0.1, 0.15) is 11.3 Å². The molecule has 1 N–H and O–H groups in total. The van der Waals surface area contributed by atoms with Crippen LogP contribution in [0.4, 0.5) is 4.39 Å². The van der Waals surface area contributed by atoms with Crippen molar-refractivity contribution < 1.29 is 9.18 Å². The van der Waals surface area contributed by atoms with Gasteiger partial charge < -0.3 is 9.88 Å². The molecule has 3 nitrogen and oxygen atoms in total. The summed E-state index contributed by atoms with van der Waals surface area (Å²) in [6, 6.07) is 14.6. The highest BCUT2D eigenvalue weighted by Crippen LogP contribution is 2.19. The molecule has 0 aliphatic heterocycles. The van der Waals surface area contributed by atoms with Gasteiger partial charge in [-0.3, -0.25) is 4.79 Å². The highest BCUT2D eigenvalue weighted by Gasteiger charge is 2.09. The molecule has 3 rings (SSSR count). The molecule has 0 spiro atoms. The largest absolute Gasteiger partial charge is 0.350 e. The minimum atomic E-state index is -0.323. The van der Waals surface area contributed by atoms with E-state index in [2.05, 4.69) is 27.3 Å². The van der Waals surface area contributed by atoms with Gasteiger partial charge >= 0.3 is 0 Å². The maximum absolute atomic E-state index is 13.3. The first kappa shape index (κ1) is 15.7. The van der Waals surface area contributed by atoms with Gasteiger partial charge in [0.25, 0.3) is 0 Å². The van der Waals surface area contributed by atoms with E-state index in [0.717, 1.165) is 22.2 Å². The molecule has 1 aromatic heterocycles. The fourth-order valence-corrected chi connectivity index (χ4v) is 3.18. The Hall–Kier alpha value is -2.14. The molecule has 1 amide bonds. The number of rotatable bonds is 4. The lowest BCUT2D eigenvalue weighted by molar-refractivity contribution is -0.121. The van der Waals surface area contributed by atoms with Crippen molar-refractivity contribution in [3.8, 4) is 0 Å². The molecule has 0 aliphatic carbocycles. The number of benzene rings is 2. The minimum absolute atomic E-state index is 0.102. The van der Waals surface area contributed by atoms with Gasteiger partial charge in [-0.2, -0.15) is 0 Å². The van der Waals surface area contributed by atoms with Gasteiger partial charge in [0.2, 0.25) is 5.91 Å². The van der Waals surface area contributed by atoms with E-state index in [1.165, 1.54) is 12.1 Å². The predicted molar refractivity (Wildman–Crippen MR) is 92.6 cm³/mol. The van der Waals surface area contributed by atoms with Crippen LogP contribution in [-0.4, -0.2) is 10.5 Å². The summed E-state index contributed by atoms with van der Waals surface area (Å²) in [5.74, 6) is -0.425. The number of hydrogen-bond acceptors (Lipinski definition) is 1. The van der Waals surface area contributed by atoms with Crippen LogP contribution < -0.4 is 5.32 Å². The van der Waals surface area contributed by atoms with Crippen molar-refractivity contribution in [2.24, 2.45) is 0 Å². The lowest BCUT2D eigenvalue weighted by Crippen LogP contribution is -2.27. The number of amides is 1. The fourth-order valence-electron chi connectivity index (χ4n) is 2.67. The van der Waals surface area contributed by atoms with Gasteiger partial charge in [-0.15, -0.1) is 0 Å². The van der Waals surface area contributed by atoms with Crippen LogP contribution in [0.25, 0.3) is 10.9 Å². The summed E-state index contributed by atoms with van der Waals surface area (Å²) in [5.41, 5.74) is 2.79. The number of nitrogens with zero attached hydrogens (tertiary/aromatic N) is 1. The molecule has 0 aliphatic rings. The topological polar surface area (TPSA) is 34.0 Å². The van der Waals surface area contributed by atoms with Crippen molar-refractivity contribution >= 4 is 32.7 Å². The maximum Gasteiger partial charge on any atom is 0.240 e. The number of fused-ring (bicyclic) bond motifs is 1. The average molecular weight is 375 g/mol. The van der Waals surface area contributed by atoms with Crippen LogP contribution in [0.2, 0.25) is 0 Å². The second-order valence-electron chi connectivity index (χ2n) is 5.49. The van der Waals surface area contributed by atoms with Crippen molar-refractivity contribution in [1.29, 1.82) is 0 Å². The summed E-state index contributed by atoms with van der Waals surface area (Å²) in [6.45, 7) is 2.53. The summed E-state index contributed by atoms with van der Waals surface area (Å²) in [5, 5.41) is 3.95. The van der Waals surface area contributed by atoms with Gasteiger partial charge in [0.15, 0.2) is 0 Å². The number of nitrogens with one attached hydrogen (secondary N) is 1. The van der Waals surface area contributed by atoms with Gasteiger partial charge in [0.1, 0.15) is 12.4 Å². The molecule has 0 fully saturated rings. The van der Waals surface area contributed by atoms with E-state index in [4.69, 9.17) is 0 Å². The first-order valence-corrected chi connectivity index (χ1v) is 8.09. The first-order chi connectivity index (χ1) is 11.0. The molecule has 3 aromatic rings. The van der Waals surface area contributed by atoms with Crippen LogP contribution in [-0.2, 0) is 17.9 Å². The monoisotopic (exact) mass is 374 g/mol. The molecule has 5 heteroatoms. The van der Waals surface area contributed by atoms with Crippen molar-refractivity contribution in [3.05, 3.63) is 70.1 Å². The summed E-state index contributed by atoms with van der Waals surface area (Å²) in [4.78, 5) is 12.2. The first-order valence-electron chi connectivity index (χ1n) is 7.29. The van der Waals surface area contributed by atoms with E-state index in [1.54, 1.807) is 6.07 Å². The quantitative estimate of drug-likeness (QED) is 0.730. The van der Waals surface area contributed by atoms with Crippen LogP contribution in [0.15, 0.2) is 53.0 Å². The lowest BCUT2D eigenvalue weighted by Gasteiger charge is -2.10. The molecule has 0 bridgehead atoms. The molecule has 0 saturated heterocycles. The second-order valence-corrected chi connectivity index (χ2v) is 6.40. The number of carbonyl (C=O) groups excluding carboxylic acids is 1. The maximum atomic E-state index is 13.3.